The van der Waals surface area contributed by atoms with E-state index >= 15 is 0 Å². The smallest absolute Gasteiger partial charge is 0.163 e. The van der Waals surface area contributed by atoms with Gasteiger partial charge < -0.3 is 16.2 Å². The Morgan fingerprint density at radius 1 is 1.50 bits per heavy atom. The third kappa shape index (κ3) is 2.39. The van der Waals surface area contributed by atoms with E-state index in [0.29, 0.717) is 6.54 Å². The molecule has 0 unspecified atom stereocenters. The van der Waals surface area contributed by atoms with Crippen molar-refractivity contribution in [3.63, 3.8) is 0 Å². The molecule has 0 fully saturated rings. The van der Waals surface area contributed by atoms with Gasteiger partial charge in [0.2, 0.25) is 0 Å². The normalized spacial score (nSPS) is 9.33. The quantitative estimate of drug-likeness (QED) is 0.590. The summed E-state index contributed by atoms with van der Waals surface area (Å²) in [5.74, 6) is 0.251. The van der Waals surface area contributed by atoms with Gasteiger partial charge in [-0.2, -0.15) is 0 Å². The fourth-order valence-corrected chi connectivity index (χ4v) is 0.915. The van der Waals surface area contributed by atoms with Crippen molar-refractivity contribution >= 4 is 17.3 Å². The van der Waals surface area contributed by atoms with Crippen LogP contribution in [0.5, 0.6) is 5.75 Å². The van der Waals surface area contributed by atoms with E-state index in [1.165, 1.54) is 0 Å². The number of phenols is 1. The highest BCUT2D eigenvalue weighted by atomic mass is 32.1. The largest absolute Gasteiger partial charge is 0.508 e. The lowest BCUT2D eigenvalue weighted by Crippen LogP contribution is -2.28. The highest BCUT2D eigenvalue weighted by Crippen LogP contribution is 2.14. The molecule has 0 saturated heterocycles. The molecule has 0 aliphatic rings. The summed E-state index contributed by atoms with van der Waals surface area (Å²) >= 11 is 4.62. The Kier molecular flexibility index (Phi) is 2.88. The Morgan fingerprint density at radius 2 is 2.17 bits per heavy atom. The predicted molar refractivity (Wildman–Crippen MR) is 51.7 cm³/mol. The number of phenolic OH excluding ortho intramolecular Hbond substituents is 1. The molecule has 0 radical (unpaired) electrons. The zero-order valence-corrected chi connectivity index (χ0v) is 7.27. The van der Waals surface area contributed by atoms with Crippen LogP contribution in [0, 0.1) is 0 Å². The van der Waals surface area contributed by atoms with Gasteiger partial charge in [-0.05, 0) is 18.3 Å². The lowest BCUT2D eigenvalue weighted by Gasteiger charge is -2.04. The van der Waals surface area contributed by atoms with E-state index in [1.807, 2.05) is 6.07 Å². The zero-order chi connectivity index (χ0) is 8.97. The van der Waals surface area contributed by atoms with E-state index in [1.54, 1.807) is 18.2 Å². The number of thiocarbonyl (C=S) groups is 1. The fraction of sp³-hybridized carbons (Fsp3) is 0.125. The van der Waals surface area contributed by atoms with Crippen LogP contribution in [0.15, 0.2) is 24.3 Å². The lowest BCUT2D eigenvalue weighted by atomic mass is 10.2. The van der Waals surface area contributed by atoms with Crippen LogP contribution in [0.3, 0.4) is 0 Å². The highest BCUT2D eigenvalue weighted by Gasteiger charge is 1.97. The molecule has 4 heteroatoms. The second-order valence-corrected chi connectivity index (χ2v) is 2.79. The number of para-hydroxylation sites is 1. The molecule has 64 valence electrons. The number of nitrogens with one attached hydrogen (secondary N) is 1. The molecule has 0 heterocycles. The average Bonchev–Trinajstić information content (AvgIpc) is 2.03. The van der Waals surface area contributed by atoms with E-state index in [-0.39, 0.29) is 10.9 Å². The molecule has 1 aromatic carbocycles. The third-order valence-electron chi connectivity index (χ3n) is 1.44. The molecule has 0 spiro atoms. The third-order valence-corrected chi connectivity index (χ3v) is 1.59. The molecule has 0 aliphatic carbocycles. The average molecular weight is 182 g/mol. The molecule has 0 bridgehead atoms. The SMILES string of the molecule is NC(=S)NCc1ccccc1O. The Labute approximate surface area is 76.2 Å². The van der Waals surface area contributed by atoms with Gasteiger partial charge in [0.25, 0.3) is 0 Å². The summed E-state index contributed by atoms with van der Waals surface area (Å²) in [6.07, 6.45) is 0. The summed E-state index contributed by atoms with van der Waals surface area (Å²) in [4.78, 5) is 0. The van der Waals surface area contributed by atoms with Crippen LogP contribution < -0.4 is 11.1 Å². The zero-order valence-electron chi connectivity index (χ0n) is 6.45. The van der Waals surface area contributed by atoms with E-state index in [9.17, 15) is 5.11 Å². The van der Waals surface area contributed by atoms with Crippen LogP contribution in [-0.2, 0) is 6.54 Å². The van der Waals surface area contributed by atoms with Gasteiger partial charge in [-0.1, -0.05) is 18.2 Å². The van der Waals surface area contributed by atoms with Crippen molar-refractivity contribution < 1.29 is 5.11 Å². The number of aromatic hydroxyl groups is 1. The molecule has 0 amide bonds. The summed E-state index contributed by atoms with van der Waals surface area (Å²) < 4.78 is 0. The maximum atomic E-state index is 9.30. The molecule has 0 aromatic heterocycles. The molecule has 1 aromatic rings. The van der Waals surface area contributed by atoms with Gasteiger partial charge in [-0.25, -0.2) is 0 Å². The molecule has 0 saturated carbocycles. The number of rotatable bonds is 2. The monoisotopic (exact) mass is 182 g/mol. The topological polar surface area (TPSA) is 58.3 Å². The predicted octanol–water partition coefficient (Wildman–Crippen LogP) is 0.725. The molecular formula is C8H10N2OS. The second kappa shape index (κ2) is 3.92. The van der Waals surface area contributed by atoms with Gasteiger partial charge in [0, 0.05) is 12.1 Å². The first kappa shape index (κ1) is 8.80. The van der Waals surface area contributed by atoms with Gasteiger partial charge in [0.15, 0.2) is 5.11 Å². The van der Waals surface area contributed by atoms with E-state index in [2.05, 4.69) is 17.5 Å². The molecular weight excluding hydrogens is 172 g/mol. The lowest BCUT2D eigenvalue weighted by molar-refractivity contribution is 0.467. The van der Waals surface area contributed by atoms with E-state index < -0.39 is 0 Å². The Morgan fingerprint density at radius 3 is 2.75 bits per heavy atom. The van der Waals surface area contributed by atoms with E-state index in [0.717, 1.165) is 5.56 Å². The number of nitrogens with two attached hydrogens (primary N) is 1. The second-order valence-electron chi connectivity index (χ2n) is 2.35. The first-order chi connectivity index (χ1) is 5.70. The van der Waals surface area contributed by atoms with Gasteiger partial charge in [-0.15, -0.1) is 0 Å². The molecule has 3 nitrogen and oxygen atoms in total. The van der Waals surface area contributed by atoms with Crippen LogP contribution in [0.1, 0.15) is 5.56 Å². The van der Waals surface area contributed by atoms with Crippen molar-refractivity contribution in [3.05, 3.63) is 29.8 Å². The summed E-state index contributed by atoms with van der Waals surface area (Å²) in [6.45, 7) is 0.460. The minimum absolute atomic E-state index is 0.234. The van der Waals surface area contributed by atoms with Crippen molar-refractivity contribution in [3.8, 4) is 5.75 Å². The van der Waals surface area contributed by atoms with Crippen LogP contribution >= 0.6 is 12.2 Å². The van der Waals surface area contributed by atoms with Gasteiger partial charge in [0.05, 0.1) is 0 Å². The van der Waals surface area contributed by atoms with Crippen LogP contribution in [0.2, 0.25) is 0 Å². The first-order valence-electron chi connectivity index (χ1n) is 3.50. The first-order valence-corrected chi connectivity index (χ1v) is 3.91. The summed E-state index contributed by atoms with van der Waals surface area (Å²) in [7, 11) is 0. The van der Waals surface area contributed by atoms with Gasteiger partial charge >= 0.3 is 0 Å². The Bertz CT molecular complexity index is 288. The van der Waals surface area contributed by atoms with Gasteiger partial charge in [0.1, 0.15) is 5.75 Å². The maximum Gasteiger partial charge on any atom is 0.163 e. The van der Waals surface area contributed by atoms with Crippen LogP contribution in [0.25, 0.3) is 0 Å². The molecule has 1 rings (SSSR count). The van der Waals surface area contributed by atoms with Crippen molar-refractivity contribution in [1.82, 2.24) is 5.32 Å². The Balaban J connectivity index is 2.63. The summed E-state index contributed by atoms with van der Waals surface area (Å²) in [5, 5.41) is 12.3. The summed E-state index contributed by atoms with van der Waals surface area (Å²) in [5.41, 5.74) is 6.01. The molecule has 12 heavy (non-hydrogen) atoms. The van der Waals surface area contributed by atoms with Crippen molar-refractivity contribution in [2.45, 2.75) is 6.54 Å². The number of hydrogen-bond donors (Lipinski definition) is 3. The standard InChI is InChI=1S/C8H10N2OS/c9-8(12)10-5-6-3-1-2-4-7(6)11/h1-4,11H,5H2,(H3,9,10,12). The minimum atomic E-state index is 0.234. The minimum Gasteiger partial charge on any atom is -0.508 e. The Hall–Kier alpha value is -1.29. The van der Waals surface area contributed by atoms with Crippen molar-refractivity contribution in [2.75, 3.05) is 0 Å². The number of benzene rings is 1. The van der Waals surface area contributed by atoms with Crippen molar-refractivity contribution in [2.24, 2.45) is 5.73 Å². The fourth-order valence-electron chi connectivity index (χ4n) is 0.843. The van der Waals surface area contributed by atoms with E-state index in [4.69, 9.17) is 5.73 Å². The highest BCUT2D eigenvalue weighted by molar-refractivity contribution is 7.80. The van der Waals surface area contributed by atoms with Gasteiger partial charge in [-0.3, -0.25) is 0 Å². The van der Waals surface area contributed by atoms with Crippen LogP contribution in [0.4, 0.5) is 0 Å². The maximum absolute atomic E-state index is 9.30. The molecule has 0 aliphatic heterocycles. The summed E-state index contributed by atoms with van der Waals surface area (Å²) in [6, 6.07) is 7.03. The molecule has 4 N–H and O–H groups in total. The van der Waals surface area contributed by atoms with Crippen LogP contribution in [-0.4, -0.2) is 10.2 Å². The molecule has 0 atom stereocenters. The van der Waals surface area contributed by atoms with Crippen molar-refractivity contribution in [1.29, 1.82) is 0 Å². The number of hydrogen-bond acceptors (Lipinski definition) is 2.